The van der Waals surface area contributed by atoms with Crippen LogP contribution in [0.1, 0.15) is 19.4 Å². The molecule has 2 aromatic rings. The SMILES string of the molecule is CCNC(=NCc1ccnc(OCC(F)(F)F)c1)NCC(C)Oc1ccccc1OC.I. The van der Waals surface area contributed by atoms with Crippen molar-refractivity contribution in [2.24, 2.45) is 4.99 Å². The first-order valence-electron chi connectivity index (χ1n) is 9.77. The molecule has 1 aromatic heterocycles. The van der Waals surface area contributed by atoms with E-state index in [2.05, 4.69) is 25.3 Å². The van der Waals surface area contributed by atoms with Crippen LogP contribution >= 0.6 is 24.0 Å². The highest BCUT2D eigenvalue weighted by Gasteiger charge is 2.28. The van der Waals surface area contributed by atoms with Crippen molar-refractivity contribution in [2.75, 3.05) is 26.8 Å². The zero-order chi connectivity index (χ0) is 22.7. The Morgan fingerprint density at radius 1 is 1.16 bits per heavy atom. The maximum Gasteiger partial charge on any atom is 0.422 e. The average molecular weight is 568 g/mol. The number of aromatic nitrogens is 1. The Kier molecular flexibility index (Phi) is 12.0. The molecule has 0 bridgehead atoms. The lowest BCUT2D eigenvalue weighted by Gasteiger charge is -2.19. The molecule has 1 aromatic carbocycles. The van der Waals surface area contributed by atoms with Crippen LogP contribution in [-0.2, 0) is 6.54 Å². The number of halogens is 4. The van der Waals surface area contributed by atoms with Crippen molar-refractivity contribution in [3.63, 3.8) is 0 Å². The van der Waals surface area contributed by atoms with Gasteiger partial charge in [0.15, 0.2) is 24.1 Å². The number of ether oxygens (including phenoxy) is 3. The summed E-state index contributed by atoms with van der Waals surface area (Å²) in [5.74, 6) is 1.75. The number of rotatable bonds is 10. The maximum atomic E-state index is 12.3. The molecule has 0 amide bonds. The topological polar surface area (TPSA) is 77.0 Å². The van der Waals surface area contributed by atoms with Crippen molar-refractivity contribution in [1.82, 2.24) is 15.6 Å². The van der Waals surface area contributed by atoms with E-state index in [1.165, 1.54) is 12.3 Å². The summed E-state index contributed by atoms with van der Waals surface area (Å²) in [5, 5.41) is 6.30. The molecule has 0 spiro atoms. The van der Waals surface area contributed by atoms with Crippen LogP contribution in [0, 0.1) is 0 Å². The van der Waals surface area contributed by atoms with Crippen LogP contribution < -0.4 is 24.8 Å². The summed E-state index contributed by atoms with van der Waals surface area (Å²) in [5.41, 5.74) is 0.669. The number of pyridine rings is 1. The standard InChI is InChI=1S/C21H27F3N4O3.HI/c1-4-25-20(27-12-15(2)31-18-8-6-5-7-17(18)29-3)28-13-16-9-10-26-19(11-16)30-14-21(22,23)24;/h5-11,15H,4,12-14H2,1-3H3,(H2,25,27,28);1H. The Morgan fingerprint density at radius 2 is 1.88 bits per heavy atom. The smallest absolute Gasteiger partial charge is 0.422 e. The first-order chi connectivity index (χ1) is 14.8. The van der Waals surface area contributed by atoms with Crippen molar-refractivity contribution in [3.05, 3.63) is 48.2 Å². The molecule has 0 aliphatic carbocycles. The Balaban J connectivity index is 0.00000512. The number of guanidine groups is 1. The van der Waals surface area contributed by atoms with Gasteiger partial charge in [-0.15, -0.1) is 24.0 Å². The first kappa shape index (κ1) is 27.6. The number of hydrogen-bond acceptors (Lipinski definition) is 5. The summed E-state index contributed by atoms with van der Waals surface area (Å²) >= 11 is 0. The molecule has 0 radical (unpaired) electrons. The van der Waals surface area contributed by atoms with Gasteiger partial charge in [-0.2, -0.15) is 13.2 Å². The average Bonchev–Trinajstić information content (AvgIpc) is 2.74. The minimum Gasteiger partial charge on any atom is -0.493 e. The highest BCUT2D eigenvalue weighted by Crippen LogP contribution is 2.26. The fourth-order valence-corrected chi connectivity index (χ4v) is 2.51. The molecule has 0 fully saturated rings. The van der Waals surface area contributed by atoms with E-state index in [1.807, 2.05) is 38.1 Å². The molecule has 2 rings (SSSR count). The van der Waals surface area contributed by atoms with Gasteiger partial charge in [0.05, 0.1) is 20.2 Å². The molecule has 7 nitrogen and oxygen atoms in total. The zero-order valence-electron chi connectivity index (χ0n) is 18.1. The van der Waals surface area contributed by atoms with E-state index in [-0.39, 0.29) is 42.5 Å². The molecule has 0 aliphatic rings. The summed E-state index contributed by atoms with van der Waals surface area (Å²) in [6, 6.07) is 10.5. The van der Waals surface area contributed by atoms with Gasteiger partial charge in [0.1, 0.15) is 6.10 Å². The van der Waals surface area contributed by atoms with E-state index in [4.69, 9.17) is 9.47 Å². The summed E-state index contributed by atoms with van der Waals surface area (Å²) in [7, 11) is 1.58. The molecule has 0 saturated carbocycles. The third kappa shape index (κ3) is 10.2. The lowest BCUT2D eigenvalue weighted by Crippen LogP contribution is -2.41. The van der Waals surface area contributed by atoms with E-state index in [9.17, 15) is 13.2 Å². The molecular weight excluding hydrogens is 540 g/mol. The van der Waals surface area contributed by atoms with Crippen molar-refractivity contribution < 1.29 is 27.4 Å². The minimum atomic E-state index is -4.42. The quantitative estimate of drug-likeness (QED) is 0.255. The van der Waals surface area contributed by atoms with E-state index in [1.54, 1.807) is 13.2 Å². The van der Waals surface area contributed by atoms with Gasteiger partial charge in [-0.05, 0) is 37.6 Å². The first-order valence-corrected chi connectivity index (χ1v) is 9.77. The van der Waals surface area contributed by atoms with Gasteiger partial charge < -0.3 is 24.8 Å². The van der Waals surface area contributed by atoms with Gasteiger partial charge in [0, 0.05) is 18.8 Å². The van der Waals surface area contributed by atoms with Crippen LogP contribution in [-0.4, -0.2) is 50.0 Å². The van der Waals surface area contributed by atoms with Crippen LogP contribution in [0.5, 0.6) is 17.4 Å². The third-order valence-corrected chi connectivity index (χ3v) is 3.90. The van der Waals surface area contributed by atoms with Crippen LogP contribution in [0.3, 0.4) is 0 Å². The summed E-state index contributed by atoms with van der Waals surface area (Å²) in [4.78, 5) is 8.25. The third-order valence-electron chi connectivity index (χ3n) is 3.90. The molecule has 1 heterocycles. The van der Waals surface area contributed by atoms with Crippen LogP contribution in [0.2, 0.25) is 0 Å². The van der Waals surface area contributed by atoms with E-state index in [0.29, 0.717) is 36.1 Å². The molecule has 0 aliphatic heterocycles. The molecule has 11 heteroatoms. The fraction of sp³-hybridized carbons (Fsp3) is 0.429. The largest absolute Gasteiger partial charge is 0.493 e. The maximum absolute atomic E-state index is 12.3. The number of para-hydroxylation sites is 2. The number of nitrogens with zero attached hydrogens (tertiary/aromatic N) is 2. The predicted octanol–water partition coefficient (Wildman–Crippen LogP) is 4.17. The van der Waals surface area contributed by atoms with Gasteiger partial charge in [0.25, 0.3) is 0 Å². The highest BCUT2D eigenvalue weighted by molar-refractivity contribution is 14.0. The van der Waals surface area contributed by atoms with Crippen molar-refractivity contribution in [1.29, 1.82) is 0 Å². The minimum absolute atomic E-state index is 0. The van der Waals surface area contributed by atoms with Crippen molar-refractivity contribution in [3.8, 4) is 17.4 Å². The number of methoxy groups -OCH3 is 1. The normalized spacial score (nSPS) is 12.4. The number of alkyl halides is 3. The van der Waals surface area contributed by atoms with Gasteiger partial charge in [-0.25, -0.2) is 9.98 Å². The van der Waals surface area contributed by atoms with E-state index in [0.717, 1.165) is 0 Å². The monoisotopic (exact) mass is 568 g/mol. The molecule has 1 unspecified atom stereocenters. The van der Waals surface area contributed by atoms with Crippen molar-refractivity contribution >= 4 is 29.9 Å². The second-order valence-corrected chi connectivity index (χ2v) is 6.56. The summed E-state index contributed by atoms with van der Waals surface area (Å²) in [6.45, 7) is 3.81. The predicted molar refractivity (Wildman–Crippen MR) is 127 cm³/mol. The second kappa shape index (κ2) is 13.9. The second-order valence-electron chi connectivity index (χ2n) is 6.56. The van der Waals surface area contributed by atoms with E-state index < -0.39 is 12.8 Å². The Bertz CT molecular complexity index is 853. The van der Waals surface area contributed by atoms with Crippen molar-refractivity contribution in [2.45, 2.75) is 32.7 Å². The number of nitrogens with one attached hydrogen (secondary N) is 2. The Labute approximate surface area is 202 Å². The van der Waals surface area contributed by atoms with Gasteiger partial charge in [0.2, 0.25) is 5.88 Å². The molecule has 178 valence electrons. The molecule has 32 heavy (non-hydrogen) atoms. The molecule has 0 saturated heterocycles. The highest BCUT2D eigenvalue weighted by atomic mass is 127. The van der Waals surface area contributed by atoms with Crippen LogP contribution in [0.4, 0.5) is 13.2 Å². The zero-order valence-corrected chi connectivity index (χ0v) is 20.4. The van der Waals surface area contributed by atoms with E-state index >= 15 is 0 Å². The Hall–Kier alpha value is -2.44. The van der Waals surface area contributed by atoms with Gasteiger partial charge in [-0.3, -0.25) is 0 Å². The lowest BCUT2D eigenvalue weighted by atomic mass is 10.3. The van der Waals surface area contributed by atoms with Crippen LogP contribution in [0.15, 0.2) is 47.6 Å². The Morgan fingerprint density at radius 3 is 2.53 bits per heavy atom. The van der Waals surface area contributed by atoms with Crippen LogP contribution in [0.25, 0.3) is 0 Å². The number of aliphatic imine (C=N–C) groups is 1. The number of benzene rings is 1. The van der Waals surface area contributed by atoms with Gasteiger partial charge >= 0.3 is 6.18 Å². The number of hydrogen-bond donors (Lipinski definition) is 2. The lowest BCUT2D eigenvalue weighted by molar-refractivity contribution is -0.154. The molecular formula is C21H28F3IN4O3. The van der Waals surface area contributed by atoms with Gasteiger partial charge in [-0.1, -0.05) is 12.1 Å². The summed E-state index contributed by atoms with van der Waals surface area (Å²) < 4.78 is 52.8. The molecule has 2 N–H and O–H groups in total. The fourth-order valence-electron chi connectivity index (χ4n) is 2.51. The summed E-state index contributed by atoms with van der Waals surface area (Å²) in [6.07, 6.45) is -3.20. The molecule has 1 atom stereocenters.